The van der Waals surface area contributed by atoms with Crippen LogP contribution in [0.5, 0.6) is 0 Å². The van der Waals surface area contributed by atoms with Crippen molar-refractivity contribution in [2.45, 2.75) is 6.54 Å². The minimum atomic E-state index is -0.180. The summed E-state index contributed by atoms with van der Waals surface area (Å²) in [5.41, 5.74) is 4.59. The van der Waals surface area contributed by atoms with E-state index in [4.69, 9.17) is 0 Å². The van der Waals surface area contributed by atoms with Crippen LogP contribution in [0, 0.1) is 11.3 Å². The van der Waals surface area contributed by atoms with Crippen molar-refractivity contribution in [2.75, 3.05) is 38.5 Å². The quantitative estimate of drug-likeness (QED) is 0.684. The smallest absolute Gasteiger partial charge is 0.256 e. The average molecular weight is 411 g/mol. The number of carbonyl (C=O) groups is 1. The maximum absolute atomic E-state index is 13.1. The first-order valence-electron chi connectivity index (χ1n) is 10.5. The molecule has 0 bridgehead atoms. The van der Waals surface area contributed by atoms with Gasteiger partial charge in [-0.05, 0) is 42.4 Å². The summed E-state index contributed by atoms with van der Waals surface area (Å²) < 4.78 is 0. The molecule has 0 saturated carbocycles. The van der Waals surface area contributed by atoms with Crippen molar-refractivity contribution in [1.29, 1.82) is 5.26 Å². The highest BCUT2D eigenvalue weighted by atomic mass is 16.1. The standard InChI is InChI=1S/C26H26N4O/c1-29-13-15-30(16-14-29)19-20-7-6-9-22(17-20)28-26(31)25-12-5-4-11-24(25)23-10-3-2-8-21(23)18-27/h2-12,17H,13-16,19H2,1H3,(H,28,31). The zero-order valence-corrected chi connectivity index (χ0v) is 17.7. The number of anilines is 1. The number of nitrogens with zero attached hydrogens (tertiary/aromatic N) is 3. The first-order chi connectivity index (χ1) is 15.1. The van der Waals surface area contributed by atoms with Crippen LogP contribution >= 0.6 is 0 Å². The maximum atomic E-state index is 13.1. The predicted molar refractivity (Wildman–Crippen MR) is 124 cm³/mol. The molecule has 1 fully saturated rings. The Morgan fingerprint density at radius 1 is 0.935 bits per heavy atom. The van der Waals surface area contributed by atoms with E-state index in [0.717, 1.165) is 49.5 Å². The van der Waals surface area contributed by atoms with Crippen LogP contribution in [0.25, 0.3) is 11.1 Å². The zero-order valence-electron chi connectivity index (χ0n) is 17.7. The number of nitrogens with one attached hydrogen (secondary N) is 1. The Labute approximate surface area is 183 Å². The van der Waals surface area contributed by atoms with E-state index in [2.05, 4.69) is 34.3 Å². The molecule has 3 aromatic rings. The molecule has 31 heavy (non-hydrogen) atoms. The molecule has 0 radical (unpaired) electrons. The second-order valence-electron chi connectivity index (χ2n) is 7.94. The molecule has 5 heteroatoms. The largest absolute Gasteiger partial charge is 0.322 e. The van der Waals surface area contributed by atoms with E-state index in [-0.39, 0.29) is 5.91 Å². The molecule has 0 aliphatic carbocycles. The first-order valence-corrected chi connectivity index (χ1v) is 10.5. The van der Waals surface area contributed by atoms with Gasteiger partial charge in [-0.3, -0.25) is 9.69 Å². The first kappa shape index (κ1) is 20.8. The van der Waals surface area contributed by atoms with Crippen molar-refractivity contribution < 1.29 is 4.79 Å². The van der Waals surface area contributed by atoms with E-state index in [1.165, 1.54) is 5.56 Å². The predicted octanol–water partition coefficient (Wildman–Crippen LogP) is 4.22. The van der Waals surface area contributed by atoms with Gasteiger partial charge >= 0.3 is 0 Å². The number of amides is 1. The average Bonchev–Trinajstić information content (AvgIpc) is 2.81. The Kier molecular flexibility index (Phi) is 6.42. The monoisotopic (exact) mass is 410 g/mol. The lowest BCUT2D eigenvalue weighted by Gasteiger charge is -2.32. The van der Waals surface area contributed by atoms with Gasteiger partial charge in [0.1, 0.15) is 0 Å². The number of piperazine rings is 1. The minimum Gasteiger partial charge on any atom is -0.322 e. The summed E-state index contributed by atoms with van der Waals surface area (Å²) >= 11 is 0. The molecule has 0 unspecified atom stereocenters. The topological polar surface area (TPSA) is 59.4 Å². The van der Waals surface area contributed by atoms with Gasteiger partial charge < -0.3 is 10.2 Å². The van der Waals surface area contributed by atoms with E-state index in [0.29, 0.717) is 11.1 Å². The van der Waals surface area contributed by atoms with Crippen molar-refractivity contribution in [2.24, 2.45) is 0 Å². The second kappa shape index (κ2) is 9.57. The number of benzene rings is 3. The summed E-state index contributed by atoms with van der Waals surface area (Å²) in [6, 6.07) is 25.0. The van der Waals surface area contributed by atoms with Crippen molar-refractivity contribution >= 4 is 11.6 Å². The third-order valence-electron chi connectivity index (χ3n) is 5.70. The van der Waals surface area contributed by atoms with Crippen LogP contribution < -0.4 is 5.32 Å². The molecule has 1 saturated heterocycles. The molecule has 1 heterocycles. The van der Waals surface area contributed by atoms with E-state index in [1.54, 1.807) is 12.1 Å². The Hall–Kier alpha value is -3.46. The summed E-state index contributed by atoms with van der Waals surface area (Å²) in [5.74, 6) is -0.180. The van der Waals surface area contributed by atoms with Crippen LogP contribution in [0.15, 0.2) is 72.8 Å². The van der Waals surface area contributed by atoms with E-state index >= 15 is 0 Å². The SMILES string of the molecule is CN1CCN(Cc2cccc(NC(=O)c3ccccc3-c3ccccc3C#N)c2)CC1. The van der Waals surface area contributed by atoms with Crippen LogP contribution in [-0.2, 0) is 6.54 Å². The number of hydrogen-bond acceptors (Lipinski definition) is 4. The van der Waals surface area contributed by atoms with Gasteiger partial charge in [-0.15, -0.1) is 0 Å². The van der Waals surface area contributed by atoms with Gasteiger partial charge in [0.15, 0.2) is 0 Å². The number of likely N-dealkylation sites (N-methyl/N-ethyl adjacent to an activating group) is 1. The van der Waals surface area contributed by atoms with E-state index in [1.807, 2.05) is 54.6 Å². The van der Waals surface area contributed by atoms with Gasteiger partial charge in [0, 0.05) is 49.5 Å². The molecule has 5 nitrogen and oxygen atoms in total. The molecule has 1 amide bonds. The number of hydrogen-bond donors (Lipinski definition) is 1. The van der Waals surface area contributed by atoms with Crippen LogP contribution in [0.3, 0.4) is 0 Å². The van der Waals surface area contributed by atoms with Gasteiger partial charge in [0.05, 0.1) is 11.6 Å². The Morgan fingerprint density at radius 2 is 1.65 bits per heavy atom. The summed E-state index contributed by atoms with van der Waals surface area (Å²) in [6.45, 7) is 5.15. The zero-order chi connectivity index (χ0) is 21.6. The van der Waals surface area contributed by atoms with E-state index in [9.17, 15) is 10.1 Å². The van der Waals surface area contributed by atoms with Gasteiger partial charge in [-0.25, -0.2) is 0 Å². The molecule has 1 N–H and O–H groups in total. The second-order valence-corrected chi connectivity index (χ2v) is 7.94. The molecule has 1 aliphatic rings. The van der Waals surface area contributed by atoms with Crippen LogP contribution in [-0.4, -0.2) is 48.9 Å². The Balaban J connectivity index is 1.53. The molecular weight excluding hydrogens is 384 g/mol. The van der Waals surface area contributed by atoms with E-state index < -0.39 is 0 Å². The lowest BCUT2D eigenvalue weighted by Crippen LogP contribution is -2.43. The van der Waals surface area contributed by atoms with Crippen LogP contribution in [0.1, 0.15) is 21.5 Å². The molecule has 0 spiro atoms. The summed E-state index contributed by atoms with van der Waals surface area (Å²) in [5, 5.41) is 12.5. The lowest BCUT2D eigenvalue weighted by atomic mass is 9.95. The maximum Gasteiger partial charge on any atom is 0.256 e. The molecule has 3 aromatic carbocycles. The Bertz CT molecular complexity index is 1110. The molecule has 0 aromatic heterocycles. The molecular formula is C26H26N4O. The number of rotatable bonds is 5. The molecule has 0 atom stereocenters. The molecule has 156 valence electrons. The van der Waals surface area contributed by atoms with Crippen molar-refractivity contribution in [3.05, 3.63) is 89.5 Å². The fourth-order valence-electron chi connectivity index (χ4n) is 3.94. The lowest BCUT2D eigenvalue weighted by molar-refractivity contribution is 0.102. The Morgan fingerprint density at radius 3 is 2.42 bits per heavy atom. The summed E-state index contributed by atoms with van der Waals surface area (Å²) in [7, 11) is 2.15. The fourth-order valence-corrected chi connectivity index (χ4v) is 3.94. The minimum absolute atomic E-state index is 0.180. The highest BCUT2D eigenvalue weighted by molar-refractivity contribution is 6.09. The summed E-state index contributed by atoms with van der Waals surface area (Å²) in [4.78, 5) is 17.9. The molecule has 4 rings (SSSR count). The third-order valence-corrected chi connectivity index (χ3v) is 5.70. The van der Waals surface area contributed by atoms with Crippen molar-refractivity contribution in [3.63, 3.8) is 0 Å². The molecule has 1 aliphatic heterocycles. The fraction of sp³-hybridized carbons (Fsp3) is 0.231. The van der Waals surface area contributed by atoms with Crippen LogP contribution in [0.4, 0.5) is 5.69 Å². The van der Waals surface area contributed by atoms with Gasteiger partial charge in [-0.2, -0.15) is 5.26 Å². The highest BCUT2D eigenvalue weighted by Gasteiger charge is 2.16. The van der Waals surface area contributed by atoms with Gasteiger partial charge in [0.2, 0.25) is 0 Å². The van der Waals surface area contributed by atoms with Crippen molar-refractivity contribution in [1.82, 2.24) is 9.80 Å². The summed E-state index contributed by atoms with van der Waals surface area (Å²) in [6.07, 6.45) is 0. The van der Waals surface area contributed by atoms with Crippen LogP contribution in [0.2, 0.25) is 0 Å². The van der Waals surface area contributed by atoms with Gasteiger partial charge in [0.25, 0.3) is 5.91 Å². The number of carbonyl (C=O) groups excluding carboxylic acids is 1. The third kappa shape index (κ3) is 5.00. The van der Waals surface area contributed by atoms with Gasteiger partial charge in [-0.1, -0.05) is 48.5 Å². The normalized spacial score (nSPS) is 14.7. The number of nitriles is 1. The highest BCUT2D eigenvalue weighted by Crippen LogP contribution is 2.27. The van der Waals surface area contributed by atoms with Crippen molar-refractivity contribution in [3.8, 4) is 17.2 Å².